The molecule has 4 aromatic rings. The number of aromatic amines is 1. The number of aliphatic hydroxyl groups excluding tert-OH is 1. The van der Waals surface area contributed by atoms with Gasteiger partial charge in [-0.05, 0) is 43.4 Å². The van der Waals surface area contributed by atoms with Gasteiger partial charge in [0, 0.05) is 61.6 Å². The van der Waals surface area contributed by atoms with E-state index in [1.54, 1.807) is 6.20 Å². The standard InChI is InChI=1S/C29H32F3N9O2/c30-29(31,32)24-11-19(13-34-9-10-42)12-25(39-24)43-22-3-1-21(2-4-22)40-16-28(17-40,6-7-33)41-15-20(14-38-41)26-23-5-8-35-27(23)37-18-36-26/h5,8,11-12,14-15,18,21-22,34,42H,1-4,6,9-10,13,16-17H2,(H,35,36,37)/t21-,22+. The second-order valence-electron chi connectivity index (χ2n) is 11.2. The Balaban J connectivity index is 1.08. The number of hydrogen-bond donors (Lipinski definition) is 3. The Bertz CT molecular complexity index is 1600. The third-order valence-corrected chi connectivity index (χ3v) is 8.32. The molecule has 11 nitrogen and oxygen atoms in total. The average Bonchev–Trinajstić information content (AvgIpc) is 3.65. The van der Waals surface area contributed by atoms with Crippen LogP contribution in [0.25, 0.3) is 22.3 Å². The predicted octanol–water partition coefficient (Wildman–Crippen LogP) is 3.63. The van der Waals surface area contributed by atoms with Crippen LogP contribution in [0.4, 0.5) is 13.2 Å². The lowest BCUT2D eigenvalue weighted by molar-refractivity contribution is -0.141. The first-order valence-corrected chi connectivity index (χ1v) is 14.3. The van der Waals surface area contributed by atoms with Gasteiger partial charge in [-0.3, -0.25) is 9.58 Å². The second kappa shape index (κ2) is 11.9. The number of likely N-dealkylation sites (tertiary alicyclic amines) is 1. The van der Waals surface area contributed by atoms with Crippen LogP contribution in [0.1, 0.15) is 43.4 Å². The van der Waals surface area contributed by atoms with Crippen LogP contribution in [0, 0.1) is 11.3 Å². The Kier molecular flexibility index (Phi) is 8.04. The van der Waals surface area contributed by atoms with Crippen LogP contribution in [0.15, 0.2) is 43.1 Å². The number of pyridine rings is 1. The number of ether oxygens (including phenoxy) is 1. The summed E-state index contributed by atoms with van der Waals surface area (Å²) in [6, 6.07) is 7.08. The summed E-state index contributed by atoms with van der Waals surface area (Å²) >= 11 is 0. The van der Waals surface area contributed by atoms with Gasteiger partial charge in [-0.25, -0.2) is 15.0 Å². The van der Waals surface area contributed by atoms with Crippen molar-refractivity contribution >= 4 is 11.0 Å². The van der Waals surface area contributed by atoms with Crippen molar-refractivity contribution in [3.05, 3.63) is 54.4 Å². The number of hydrogen-bond acceptors (Lipinski definition) is 9. The van der Waals surface area contributed by atoms with Gasteiger partial charge in [0.2, 0.25) is 5.88 Å². The zero-order valence-corrected chi connectivity index (χ0v) is 23.4. The molecule has 2 fully saturated rings. The van der Waals surface area contributed by atoms with Crippen LogP contribution in [0.5, 0.6) is 5.88 Å². The fourth-order valence-electron chi connectivity index (χ4n) is 6.14. The Morgan fingerprint density at radius 2 is 2.00 bits per heavy atom. The first-order chi connectivity index (χ1) is 20.8. The van der Waals surface area contributed by atoms with E-state index in [-0.39, 0.29) is 37.7 Å². The maximum Gasteiger partial charge on any atom is 0.433 e. The summed E-state index contributed by atoms with van der Waals surface area (Å²) in [6.45, 7) is 1.70. The highest BCUT2D eigenvalue weighted by Crippen LogP contribution is 2.39. The summed E-state index contributed by atoms with van der Waals surface area (Å²) in [5.41, 5.74) is 1.35. The molecule has 4 aromatic heterocycles. The molecule has 0 radical (unpaired) electrons. The number of nitrogens with zero attached hydrogens (tertiary/aromatic N) is 7. The minimum Gasteiger partial charge on any atom is -0.474 e. The van der Waals surface area contributed by atoms with E-state index in [1.165, 1.54) is 12.4 Å². The van der Waals surface area contributed by atoms with Gasteiger partial charge in [0.1, 0.15) is 29.3 Å². The number of aliphatic hydroxyl groups is 1. The van der Waals surface area contributed by atoms with E-state index in [1.807, 2.05) is 23.1 Å². The third-order valence-electron chi connectivity index (χ3n) is 8.32. The summed E-state index contributed by atoms with van der Waals surface area (Å²) in [4.78, 5) is 17.9. The molecular formula is C29H32F3N9O2. The molecule has 0 atom stereocenters. The number of alkyl halides is 3. The van der Waals surface area contributed by atoms with Gasteiger partial charge in [0.05, 0.1) is 31.0 Å². The largest absolute Gasteiger partial charge is 0.474 e. The Morgan fingerprint density at radius 1 is 1.19 bits per heavy atom. The summed E-state index contributed by atoms with van der Waals surface area (Å²) in [5, 5.41) is 27.0. The molecule has 14 heteroatoms. The van der Waals surface area contributed by atoms with Crippen molar-refractivity contribution in [1.82, 2.24) is 39.9 Å². The van der Waals surface area contributed by atoms with Crippen molar-refractivity contribution in [2.45, 2.75) is 62.5 Å². The lowest BCUT2D eigenvalue weighted by Crippen LogP contribution is -2.65. The van der Waals surface area contributed by atoms with Crippen molar-refractivity contribution in [3.63, 3.8) is 0 Å². The van der Waals surface area contributed by atoms with E-state index in [4.69, 9.17) is 9.84 Å². The number of rotatable bonds is 10. The first-order valence-electron chi connectivity index (χ1n) is 14.3. The molecule has 6 rings (SSSR count). The molecule has 1 aliphatic carbocycles. The fraction of sp³-hybridized carbons (Fsp3) is 0.483. The first kappa shape index (κ1) is 29.0. The highest BCUT2D eigenvalue weighted by molar-refractivity contribution is 5.90. The van der Waals surface area contributed by atoms with E-state index in [9.17, 15) is 18.4 Å². The number of fused-ring (bicyclic) bond motifs is 1. The van der Waals surface area contributed by atoms with E-state index in [0.29, 0.717) is 37.9 Å². The van der Waals surface area contributed by atoms with Gasteiger partial charge in [-0.1, -0.05) is 0 Å². The van der Waals surface area contributed by atoms with Crippen LogP contribution >= 0.6 is 0 Å². The molecule has 5 heterocycles. The minimum absolute atomic E-state index is 0.0360. The highest BCUT2D eigenvalue weighted by Gasteiger charge is 2.48. The fourth-order valence-corrected chi connectivity index (χ4v) is 6.14. The third kappa shape index (κ3) is 6.06. The van der Waals surface area contributed by atoms with Gasteiger partial charge >= 0.3 is 6.18 Å². The molecule has 226 valence electrons. The van der Waals surface area contributed by atoms with Crippen molar-refractivity contribution in [2.75, 3.05) is 26.2 Å². The average molecular weight is 596 g/mol. The topological polar surface area (TPSA) is 141 Å². The summed E-state index contributed by atoms with van der Waals surface area (Å²) in [7, 11) is 0. The van der Waals surface area contributed by atoms with Crippen LogP contribution in [0.2, 0.25) is 0 Å². The number of H-pyrrole nitrogens is 1. The molecule has 0 aromatic carbocycles. The Hall–Kier alpha value is -4.06. The van der Waals surface area contributed by atoms with Crippen molar-refractivity contribution in [2.24, 2.45) is 0 Å². The summed E-state index contributed by atoms with van der Waals surface area (Å²) < 4.78 is 48.2. The molecule has 3 N–H and O–H groups in total. The Morgan fingerprint density at radius 3 is 2.74 bits per heavy atom. The zero-order valence-electron chi connectivity index (χ0n) is 23.4. The van der Waals surface area contributed by atoms with Gasteiger partial charge in [-0.2, -0.15) is 23.5 Å². The molecule has 0 bridgehead atoms. The van der Waals surface area contributed by atoms with E-state index in [0.717, 1.165) is 41.2 Å². The van der Waals surface area contributed by atoms with Crippen molar-refractivity contribution < 1.29 is 23.0 Å². The summed E-state index contributed by atoms with van der Waals surface area (Å²) in [5.74, 6) is -0.0360. The zero-order chi connectivity index (χ0) is 30.0. The molecule has 2 aliphatic rings. The van der Waals surface area contributed by atoms with E-state index < -0.39 is 17.4 Å². The van der Waals surface area contributed by atoms with Crippen LogP contribution in [-0.2, 0) is 18.3 Å². The van der Waals surface area contributed by atoms with Crippen LogP contribution in [-0.4, -0.2) is 78.1 Å². The van der Waals surface area contributed by atoms with Crippen LogP contribution < -0.4 is 10.1 Å². The SMILES string of the molecule is N#CCC1(n2cc(-c3ncnc4[nH]ccc34)cn2)CN([C@H]2CC[C@@H](Oc3cc(CNCCO)cc(C(F)(F)F)n3)CC2)C1. The number of aromatic nitrogens is 6. The maximum absolute atomic E-state index is 13.5. The minimum atomic E-state index is -4.59. The van der Waals surface area contributed by atoms with Gasteiger partial charge in [-0.15, -0.1) is 0 Å². The van der Waals surface area contributed by atoms with E-state index >= 15 is 0 Å². The molecule has 0 spiro atoms. The smallest absolute Gasteiger partial charge is 0.433 e. The lowest BCUT2D eigenvalue weighted by Gasteiger charge is -2.53. The highest BCUT2D eigenvalue weighted by atomic mass is 19.4. The van der Waals surface area contributed by atoms with Crippen molar-refractivity contribution in [3.8, 4) is 23.2 Å². The molecule has 1 saturated carbocycles. The normalized spacial score (nSPS) is 20.5. The van der Waals surface area contributed by atoms with E-state index in [2.05, 4.69) is 41.3 Å². The molecule has 43 heavy (non-hydrogen) atoms. The van der Waals surface area contributed by atoms with Gasteiger partial charge in [0.15, 0.2) is 0 Å². The molecule has 1 aliphatic heterocycles. The lowest BCUT2D eigenvalue weighted by atomic mass is 9.82. The summed E-state index contributed by atoms with van der Waals surface area (Å²) in [6.07, 6.45) is 5.59. The second-order valence-corrected chi connectivity index (χ2v) is 11.2. The number of halogens is 3. The van der Waals surface area contributed by atoms with Gasteiger partial charge in [0.25, 0.3) is 0 Å². The quantitative estimate of drug-likeness (QED) is 0.235. The number of nitrogens with one attached hydrogen (secondary N) is 2. The van der Waals surface area contributed by atoms with Crippen molar-refractivity contribution in [1.29, 1.82) is 5.26 Å². The molecule has 1 saturated heterocycles. The maximum atomic E-state index is 13.5. The Labute approximate surface area is 245 Å². The van der Waals surface area contributed by atoms with Crippen LogP contribution in [0.3, 0.4) is 0 Å². The molecule has 0 amide bonds. The van der Waals surface area contributed by atoms with Gasteiger partial charge < -0.3 is 20.1 Å². The molecule has 0 unspecified atom stereocenters. The predicted molar refractivity (Wildman–Crippen MR) is 150 cm³/mol. The number of nitriles is 1. The molecular weight excluding hydrogens is 563 g/mol. The monoisotopic (exact) mass is 595 g/mol.